The Bertz CT molecular complexity index is 836. The quantitative estimate of drug-likeness (QED) is 0.719. The van der Waals surface area contributed by atoms with Crippen molar-refractivity contribution in [2.24, 2.45) is 0 Å². The van der Waals surface area contributed by atoms with Gasteiger partial charge in [-0.3, -0.25) is 4.79 Å². The average molecular weight is 281 g/mol. The minimum absolute atomic E-state index is 0.0290. The second kappa shape index (κ2) is 4.92. The van der Waals surface area contributed by atoms with E-state index in [2.05, 4.69) is 18.0 Å². The highest BCUT2D eigenvalue weighted by Crippen LogP contribution is 2.28. The summed E-state index contributed by atoms with van der Waals surface area (Å²) in [4.78, 5) is 16.1. The van der Waals surface area contributed by atoms with E-state index in [1.54, 1.807) is 0 Å². The third kappa shape index (κ3) is 2.00. The van der Waals surface area contributed by atoms with Gasteiger partial charge in [0.05, 0.1) is 5.56 Å². The molecule has 0 saturated carbocycles. The summed E-state index contributed by atoms with van der Waals surface area (Å²) in [6.07, 6.45) is 2.75. The standard InChI is InChI=1S/C18H19NO2/c1-5-13-7-6-8-14-15(9-19-17(13)14)18(20)16-10(2)11(3)21-12(16)4/h6-9,19H,5H2,1-4H3. The van der Waals surface area contributed by atoms with Crippen molar-refractivity contribution in [1.29, 1.82) is 0 Å². The first-order chi connectivity index (χ1) is 10.0. The Kier molecular flexibility index (Phi) is 3.20. The van der Waals surface area contributed by atoms with Crippen LogP contribution in [0.2, 0.25) is 0 Å². The van der Waals surface area contributed by atoms with Crippen molar-refractivity contribution in [2.45, 2.75) is 34.1 Å². The van der Waals surface area contributed by atoms with Gasteiger partial charge in [0, 0.05) is 28.2 Å². The molecule has 21 heavy (non-hydrogen) atoms. The summed E-state index contributed by atoms with van der Waals surface area (Å²) in [6.45, 7) is 7.79. The lowest BCUT2D eigenvalue weighted by atomic mass is 9.98. The number of benzene rings is 1. The maximum Gasteiger partial charge on any atom is 0.198 e. The molecule has 0 fully saturated rings. The molecule has 0 atom stereocenters. The zero-order chi connectivity index (χ0) is 15.1. The van der Waals surface area contributed by atoms with Crippen molar-refractivity contribution in [2.75, 3.05) is 0 Å². The average Bonchev–Trinajstić information content (AvgIpc) is 3.00. The number of hydrogen-bond donors (Lipinski definition) is 1. The maximum atomic E-state index is 12.9. The van der Waals surface area contributed by atoms with Gasteiger partial charge in [-0.1, -0.05) is 25.1 Å². The molecule has 0 spiro atoms. The third-order valence-corrected chi connectivity index (χ3v) is 4.22. The minimum Gasteiger partial charge on any atom is -0.466 e. The van der Waals surface area contributed by atoms with Crippen molar-refractivity contribution in [1.82, 2.24) is 4.98 Å². The summed E-state index contributed by atoms with van der Waals surface area (Å²) in [6, 6.07) is 6.09. The summed E-state index contributed by atoms with van der Waals surface area (Å²) in [7, 11) is 0. The fourth-order valence-electron chi connectivity index (χ4n) is 2.96. The van der Waals surface area contributed by atoms with Gasteiger partial charge in [-0.15, -0.1) is 0 Å². The number of carbonyl (C=O) groups excluding carboxylic acids is 1. The van der Waals surface area contributed by atoms with Crippen LogP contribution >= 0.6 is 0 Å². The monoisotopic (exact) mass is 281 g/mol. The van der Waals surface area contributed by atoms with Crippen LogP contribution in [-0.2, 0) is 6.42 Å². The first kappa shape index (κ1) is 13.7. The number of H-pyrrole nitrogens is 1. The van der Waals surface area contributed by atoms with Gasteiger partial charge in [0.25, 0.3) is 0 Å². The number of aromatic nitrogens is 1. The molecule has 0 unspecified atom stereocenters. The van der Waals surface area contributed by atoms with E-state index in [0.29, 0.717) is 16.9 Å². The number of nitrogens with one attached hydrogen (secondary N) is 1. The topological polar surface area (TPSA) is 46.0 Å². The Hall–Kier alpha value is -2.29. The minimum atomic E-state index is 0.0290. The lowest BCUT2D eigenvalue weighted by molar-refractivity contribution is 0.103. The summed E-state index contributed by atoms with van der Waals surface area (Å²) in [5.41, 5.74) is 4.61. The second-order valence-corrected chi connectivity index (χ2v) is 5.44. The molecule has 0 aliphatic rings. The van der Waals surface area contributed by atoms with Crippen LogP contribution in [0.25, 0.3) is 10.9 Å². The molecule has 2 heterocycles. The molecule has 0 aliphatic heterocycles. The zero-order valence-electron chi connectivity index (χ0n) is 12.8. The van der Waals surface area contributed by atoms with E-state index in [1.165, 1.54) is 5.56 Å². The molecule has 2 aromatic heterocycles. The zero-order valence-corrected chi connectivity index (χ0v) is 12.8. The largest absolute Gasteiger partial charge is 0.466 e. The Morgan fingerprint density at radius 3 is 2.57 bits per heavy atom. The lowest BCUT2D eigenvalue weighted by Gasteiger charge is -2.02. The van der Waals surface area contributed by atoms with E-state index in [-0.39, 0.29) is 5.78 Å². The highest BCUT2D eigenvalue weighted by atomic mass is 16.3. The molecule has 1 N–H and O–H groups in total. The molecule has 0 bridgehead atoms. The highest BCUT2D eigenvalue weighted by Gasteiger charge is 2.22. The molecular formula is C18H19NO2. The van der Waals surface area contributed by atoms with Crippen LogP contribution < -0.4 is 0 Å². The predicted octanol–water partition coefficient (Wildman–Crippen LogP) is 4.48. The van der Waals surface area contributed by atoms with Gasteiger partial charge < -0.3 is 9.40 Å². The Labute approximate surface area is 124 Å². The smallest absolute Gasteiger partial charge is 0.198 e. The van der Waals surface area contributed by atoms with Crippen LogP contribution in [0.4, 0.5) is 0 Å². The predicted molar refractivity (Wildman–Crippen MR) is 84.0 cm³/mol. The normalized spacial score (nSPS) is 11.2. The molecule has 0 aliphatic carbocycles. The van der Waals surface area contributed by atoms with Gasteiger partial charge in [0.15, 0.2) is 5.78 Å². The number of furan rings is 1. The lowest BCUT2D eigenvalue weighted by Crippen LogP contribution is -2.03. The van der Waals surface area contributed by atoms with Crippen LogP contribution in [0.3, 0.4) is 0 Å². The van der Waals surface area contributed by atoms with Crippen LogP contribution in [0.5, 0.6) is 0 Å². The van der Waals surface area contributed by atoms with Gasteiger partial charge in [-0.25, -0.2) is 0 Å². The SMILES string of the molecule is CCc1cccc2c(C(=O)c3c(C)oc(C)c3C)c[nH]c12. The van der Waals surface area contributed by atoms with Gasteiger partial charge in [-0.2, -0.15) is 0 Å². The number of hydrogen-bond acceptors (Lipinski definition) is 2. The van der Waals surface area contributed by atoms with Crippen molar-refractivity contribution in [3.05, 3.63) is 58.2 Å². The van der Waals surface area contributed by atoms with Crippen molar-refractivity contribution >= 4 is 16.7 Å². The van der Waals surface area contributed by atoms with Gasteiger partial charge >= 0.3 is 0 Å². The van der Waals surface area contributed by atoms with E-state index < -0.39 is 0 Å². The first-order valence-electron chi connectivity index (χ1n) is 7.24. The second-order valence-electron chi connectivity index (χ2n) is 5.44. The first-order valence-corrected chi connectivity index (χ1v) is 7.24. The molecule has 3 nitrogen and oxygen atoms in total. The van der Waals surface area contributed by atoms with Crippen LogP contribution in [0, 0.1) is 20.8 Å². The van der Waals surface area contributed by atoms with Gasteiger partial charge in [0.2, 0.25) is 0 Å². The molecule has 0 saturated heterocycles. The number of carbonyl (C=O) groups is 1. The number of aromatic amines is 1. The van der Waals surface area contributed by atoms with Gasteiger partial charge in [0.1, 0.15) is 11.5 Å². The fourth-order valence-corrected chi connectivity index (χ4v) is 2.96. The van der Waals surface area contributed by atoms with E-state index in [1.807, 2.05) is 39.1 Å². The molecule has 3 aromatic rings. The molecule has 3 rings (SSSR count). The van der Waals surface area contributed by atoms with Gasteiger partial charge in [-0.05, 0) is 32.8 Å². The molecule has 0 radical (unpaired) electrons. The molecule has 0 amide bonds. The number of para-hydroxylation sites is 1. The Morgan fingerprint density at radius 2 is 1.95 bits per heavy atom. The summed E-state index contributed by atoms with van der Waals surface area (Å²) in [5, 5.41) is 0.983. The van der Waals surface area contributed by atoms with E-state index >= 15 is 0 Å². The van der Waals surface area contributed by atoms with E-state index in [4.69, 9.17) is 4.42 Å². The Balaban J connectivity index is 2.19. The summed E-state index contributed by atoms with van der Waals surface area (Å²) < 4.78 is 5.59. The molecule has 3 heteroatoms. The number of ketones is 1. The van der Waals surface area contributed by atoms with Crippen LogP contribution in [0.15, 0.2) is 28.8 Å². The van der Waals surface area contributed by atoms with Crippen molar-refractivity contribution < 1.29 is 9.21 Å². The summed E-state index contributed by atoms with van der Waals surface area (Å²) in [5.74, 6) is 1.53. The van der Waals surface area contributed by atoms with Crippen molar-refractivity contribution in [3.8, 4) is 0 Å². The van der Waals surface area contributed by atoms with Crippen LogP contribution in [-0.4, -0.2) is 10.8 Å². The number of aryl methyl sites for hydroxylation is 3. The van der Waals surface area contributed by atoms with Crippen molar-refractivity contribution in [3.63, 3.8) is 0 Å². The van der Waals surface area contributed by atoms with E-state index in [9.17, 15) is 4.79 Å². The maximum absolute atomic E-state index is 12.9. The molecule has 1 aromatic carbocycles. The highest BCUT2D eigenvalue weighted by molar-refractivity contribution is 6.17. The Morgan fingerprint density at radius 1 is 1.19 bits per heavy atom. The number of fused-ring (bicyclic) bond motifs is 1. The summed E-state index contributed by atoms with van der Waals surface area (Å²) >= 11 is 0. The fraction of sp³-hybridized carbons (Fsp3) is 0.278. The molecular weight excluding hydrogens is 262 g/mol. The van der Waals surface area contributed by atoms with E-state index in [0.717, 1.165) is 28.6 Å². The number of rotatable bonds is 3. The third-order valence-electron chi connectivity index (χ3n) is 4.22. The van der Waals surface area contributed by atoms with Crippen LogP contribution in [0.1, 0.15) is 45.5 Å². The molecule has 108 valence electrons.